The second-order valence-electron chi connectivity index (χ2n) is 6.37. The van der Waals surface area contributed by atoms with Crippen LogP contribution in [0.1, 0.15) is 17.9 Å². The Kier molecular flexibility index (Phi) is 4.37. The van der Waals surface area contributed by atoms with Gasteiger partial charge in [-0.05, 0) is 17.7 Å². The van der Waals surface area contributed by atoms with Crippen molar-refractivity contribution >= 4 is 23.5 Å². The van der Waals surface area contributed by atoms with Crippen LogP contribution in [0.2, 0.25) is 0 Å². The summed E-state index contributed by atoms with van der Waals surface area (Å²) in [6.07, 6.45) is -5.06. The molecule has 6 nitrogen and oxygen atoms in total. The van der Waals surface area contributed by atoms with Crippen molar-refractivity contribution in [1.29, 1.82) is 0 Å². The molecule has 0 radical (unpaired) electrons. The summed E-state index contributed by atoms with van der Waals surface area (Å²) in [6, 6.07) is 3.40. The minimum absolute atomic E-state index is 0.0842. The van der Waals surface area contributed by atoms with Gasteiger partial charge in [0.15, 0.2) is 0 Å². The van der Waals surface area contributed by atoms with E-state index in [9.17, 15) is 31.9 Å². The van der Waals surface area contributed by atoms with Crippen LogP contribution in [-0.2, 0) is 14.4 Å². The van der Waals surface area contributed by atoms with Gasteiger partial charge in [0, 0.05) is 25.2 Å². The number of carbonyl (C=O) groups excluding carboxylic acids is 2. The second-order valence-corrected chi connectivity index (χ2v) is 6.37. The number of aliphatic carboxylic acids is 1. The molecule has 26 heavy (non-hydrogen) atoms. The molecule has 2 aliphatic rings. The Morgan fingerprint density at radius 2 is 1.92 bits per heavy atom. The molecule has 2 heterocycles. The van der Waals surface area contributed by atoms with Gasteiger partial charge in [-0.25, -0.2) is 4.39 Å². The van der Waals surface area contributed by atoms with Crippen molar-refractivity contribution in [2.24, 2.45) is 11.8 Å². The second kappa shape index (κ2) is 6.26. The van der Waals surface area contributed by atoms with Crippen LogP contribution < -0.4 is 5.32 Å². The number of nitrogens with zero attached hydrogens (tertiary/aromatic N) is 1. The van der Waals surface area contributed by atoms with Crippen molar-refractivity contribution in [3.63, 3.8) is 0 Å². The number of likely N-dealkylation sites (tertiary alicyclic amines) is 1. The molecule has 2 aliphatic heterocycles. The van der Waals surface area contributed by atoms with Crippen LogP contribution >= 0.6 is 0 Å². The first kappa shape index (κ1) is 18.2. The van der Waals surface area contributed by atoms with Gasteiger partial charge in [0.25, 0.3) is 0 Å². The molecule has 1 saturated heterocycles. The quantitative estimate of drug-likeness (QED) is 0.775. The lowest BCUT2D eigenvalue weighted by Crippen LogP contribution is -2.38. The molecule has 1 aromatic rings. The zero-order chi connectivity index (χ0) is 19.2. The number of carboxylic acids is 1. The Morgan fingerprint density at radius 1 is 1.23 bits per heavy atom. The highest BCUT2D eigenvalue weighted by molar-refractivity contribution is 6.01. The van der Waals surface area contributed by atoms with Gasteiger partial charge in [-0.15, -0.1) is 0 Å². The van der Waals surface area contributed by atoms with E-state index in [-0.39, 0.29) is 12.1 Å². The summed E-state index contributed by atoms with van der Waals surface area (Å²) >= 11 is 0. The molecule has 1 fully saturated rings. The first-order chi connectivity index (χ1) is 12.1. The summed E-state index contributed by atoms with van der Waals surface area (Å²) in [5.41, 5.74) is 0.374. The number of hydrogen-bond acceptors (Lipinski definition) is 3. The van der Waals surface area contributed by atoms with Gasteiger partial charge in [0.05, 0.1) is 17.8 Å². The largest absolute Gasteiger partial charge is 0.481 e. The van der Waals surface area contributed by atoms with E-state index in [0.717, 1.165) is 17.0 Å². The smallest absolute Gasteiger partial charge is 0.394 e. The van der Waals surface area contributed by atoms with Crippen molar-refractivity contribution in [3.8, 4) is 0 Å². The fourth-order valence-corrected chi connectivity index (χ4v) is 3.44. The molecule has 1 unspecified atom stereocenters. The van der Waals surface area contributed by atoms with Gasteiger partial charge in [-0.3, -0.25) is 14.4 Å². The fourth-order valence-electron chi connectivity index (χ4n) is 3.44. The minimum Gasteiger partial charge on any atom is -0.481 e. The SMILES string of the molecule is O=C1CC(C(=O)N2C[C@@H](C(F)(F)F)[C@H](C(=O)O)C2)c2ccc(F)cc2N1. The van der Waals surface area contributed by atoms with Crippen LogP contribution in [0.3, 0.4) is 0 Å². The lowest BCUT2D eigenvalue weighted by atomic mass is 9.89. The maximum atomic E-state index is 13.3. The average Bonchev–Trinajstić information content (AvgIpc) is 2.98. The third-order valence-electron chi connectivity index (χ3n) is 4.72. The monoisotopic (exact) mass is 374 g/mol. The first-order valence-corrected chi connectivity index (χ1v) is 7.75. The standard InChI is InChI=1S/C16H14F4N2O4/c17-7-1-2-8-9(4-13(23)21-12(8)3-7)14(24)22-5-10(15(25)26)11(6-22)16(18,19)20/h1-3,9-11H,4-6H2,(H,21,23)(H,25,26)/t9?,10-,11-/m1/s1. The zero-order valence-electron chi connectivity index (χ0n) is 13.2. The van der Waals surface area contributed by atoms with Crippen molar-refractivity contribution in [1.82, 2.24) is 4.90 Å². The van der Waals surface area contributed by atoms with E-state index in [1.54, 1.807) is 0 Å². The maximum absolute atomic E-state index is 13.3. The lowest BCUT2D eigenvalue weighted by molar-refractivity contribution is -0.188. The van der Waals surface area contributed by atoms with Crippen molar-refractivity contribution in [2.75, 3.05) is 18.4 Å². The molecule has 1 aromatic carbocycles. The van der Waals surface area contributed by atoms with Gasteiger partial charge in [0.2, 0.25) is 11.8 Å². The Labute approximate surface area is 144 Å². The highest BCUT2D eigenvalue weighted by Crippen LogP contribution is 2.40. The third kappa shape index (κ3) is 3.23. The lowest BCUT2D eigenvalue weighted by Gasteiger charge is -2.28. The first-order valence-electron chi connectivity index (χ1n) is 7.75. The number of alkyl halides is 3. The van der Waals surface area contributed by atoms with Gasteiger partial charge in [-0.2, -0.15) is 13.2 Å². The Balaban J connectivity index is 1.88. The summed E-state index contributed by atoms with van der Waals surface area (Å²) in [6.45, 7) is -1.37. The number of carboxylic acid groups (broad SMARTS) is 1. The summed E-state index contributed by atoms with van der Waals surface area (Å²) in [5.74, 6) is -8.62. The molecule has 0 aliphatic carbocycles. The van der Waals surface area contributed by atoms with Crippen LogP contribution in [-0.4, -0.2) is 47.1 Å². The molecule has 0 aromatic heterocycles. The third-order valence-corrected chi connectivity index (χ3v) is 4.72. The molecule has 2 N–H and O–H groups in total. The van der Waals surface area contributed by atoms with E-state index < -0.39 is 60.6 Å². The Bertz CT molecular complexity index is 780. The Hall–Kier alpha value is -2.65. The predicted molar refractivity (Wildman–Crippen MR) is 79.6 cm³/mol. The van der Waals surface area contributed by atoms with Crippen molar-refractivity contribution in [2.45, 2.75) is 18.5 Å². The summed E-state index contributed by atoms with van der Waals surface area (Å²) in [4.78, 5) is 36.5. The van der Waals surface area contributed by atoms with E-state index in [0.29, 0.717) is 5.56 Å². The van der Waals surface area contributed by atoms with Crippen LogP contribution in [0.25, 0.3) is 0 Å². The number of carbonyl (C=O) groups is 3. The van der Waals surface area contributed by atoms with Gasteiger partial charge in [-0.1, -0.05) is 6.07 Å². The van der Waals surface area contributed by atoms with E-state index in [1.165, 1.54) is 6.07 Å². The molecule has 0 spiro atoms. The van der Waals surface area contributed by atoms with Crippen molar-refractivity contribution < 1.29 is 37.1 Å². The molecule has 140 valence electrons. The van der Waals surface area contributed by atoms with E-state index in [4.69, 9.17) is 5.11 Å². The predicted octanol–water partition coefficient (Wildman–Crippen LogP) is 1.97. The zero-order valence-corrected chi connectivity index (χ0v) is 13.2. The summed E-state index contributed by atoms with van der Waals surface area (Å²) in [7, 11) is 0. The van der Waals surface area contributed by atoms with Gasteiger partial charge in [0.1, 0.15) is 5.82 Å². The number of hydrogen-bond donors (Lipinski definition) is 2. The highest BCUT2D eigenvalue weighted by Gasteiger charge is 2.54. The van der Waals surface area contributed by atoms with Crippen LogP contribution in [0.15, 0.2) is 18.2 Å². The van der Waals surface area contributed by atoms with Crippen LogP contribution in [0.5, 0.6) is 0 Å². The maximum Gasteiger partial charge on any atom is 0.394 e. The Morgan fingerprint density at radius 3 is 2.50 bits per heavy atom. The van der Waals surface area contributed by atoms with Crippen LogP contribution in [0.4, 0.5) is 23.2 Å². The molecule has 3 rings (SSSR count). The molecule has 0 saturated carbocycles. The average molecular weight is 374 g/mol. The van der Waals surface area contributed by atoms with E-state index in [1.807, 2.05) is 0 Å². The van der Waals surface area contributed by atoms with E-state index in [2.05, 4.69) is 5.32 Å². The number of anilines is 1. The van der Waals surface area contributed by atoms with Gasteiger partial charge >= 0.3 is 12.1 Å². The highest BCUT2D eigenvalue weighted by atomic mass is 19.4. The van der Waals surface area contributed by atoms with Gasteiger partial charge < -0.3 is 15.3 Å². The number of benzene rings is 1. The summed E-state index contributed by atoms with van der Waals surface area (Å²) < 4.78 is 52.6. The normalized spacial score (nSPS) is 25.6. The molecule has 10 heteroatoms. The molecule has 2 amide bonds. The fraction of sp³-hybridized carbons (Fsp3) is 0.438. The minimum atomic E-state index is -4.76. The topological polar surface area (TPSA) is 86.7 Å². The molecular weight excluding hydrogens is 360 g/mol. The number of rotatable bonds is 2. The molecular formula is C16H14F4N2O4. The summed E-state index contributed by atoms with van der Waals surface area (Å²) in [5, 5.41) is 11.5. The van der Waals surface area contributed by atoms with Crippen molar-refractivity contribution in [3.05, 3.63) is 29.6 Å². The number of fused-ring (bicyclic) bond motifs is 1. The number of halogens is 4. The molecule has 0 bridgehead atoms. The number of amides is 2. The number of nitrogens with one attached hydrogen (secondary N) is 1. The molecule has 3 atom stereocenters. The van der Waals surface area contributed by atoms with E-state index >= 15 is 0 Å². The van der Waals surface area contributed by atoms with Crippen LogP contribution in [0, 0.1) is 17.7 Å².